The summed E-state index contributed by atoms with van der Waals surface area (Å²) in [5.74, 6) is -0.115. The fraction of sp³-hybridized carbons (Fsp3) is 0.308. The van der Waals surface area contributed by atoms with E-state index in [1.165, 1.54) is 30.3 Å². The summed E-state index contributed by atoms with van der Waals surface area (Å²) in [5.41, 5.74) is 0.472. The maximum Gasteiger partial charge on any atom is 0.269 e. The number of non-ortho nitro benzene ring substituents is 1. The van der Waals surface area contributed by atoms with Crippen molar-refractivity contribution < 1.29 is 9.72 Å². The van der Waals surface area contributed by atoms with Gasteiger partial charge in [-0.25, -0.2) is 0 Å². The lowest BCUT2D eigenvalue weighted by molar-refractivity contribution is -0.384. The first kappa shape index (κ1) is 13.1. The number of hydrogen-bond acceptors (Lipinski definition) is 3. The number of hydrogen-bond donors (Lipinski definition) is 0. The van der Waals surface area contributed by atoms with Crippen molar-refractivity contribution in [1.82, 2.24) is 0 Å². The van der Waals surface area contributed by atoms with Crippen molar-refractivity contribution in [2.75, 3.05) is 0 Å². The molecule has 90 valence electrons. The normalized spacial score (nSPS) is 10.6. The third-order valence-corrected chi connectivity index (χ3v) is 2.36. The minimum Gasteiger partial charge on any atom is -0.289 e. The van der Waals surface area contributed by atoms with E-state index in [1.54, 1.807) is 0 Å². The van der Waals surface area contributed by atoms with Crippen molar-refractivity contribution in [1.29, 1.82) is 0 Å². The van der Waals surface area contributed by atoms with Crippen LogP contribution in [0.25, 0.3) is 0 Å². The Morgan fingerprint density at radius 1 is 1.35 bits per heavy atom. The molecule has 0 unspecified atom stereocenters. The van der Waals surface area contributed by atoms with Crippen LogP contribution in [-0.2, 0) is 0 Å². The van der Waals surface area contributed by atoms with Crippen LogP contribution in [0, 0.1) is 10.1 Å². The summed E-state index contributed by atoms with van der Waals surface area (Å²) in [6, 6.07) is 5.63. The molecule has 0 fully saturated rings. The number of unbranched alkanes of at least 4 members (excludes halogenated alkanes) is 2. The first-order valence-electron chi connectivity index (χ1n) is 5.60. The minimum absolute atomic E-state index is 0.00323. The van der Waals surface area contributed by atoms with Crippen molar-refractivity contribution >= 4 is 11.5 Å². The molecule has 1 aromatic rings. The number of nitrogens with zero attached hydrogens (tertiary/aromatic N) is 1. The molecule has 0 aliphatic carbocycles. The van der Waals surface area contributed by atoms with Crippen molar-refractivity contribution in [2.45, 2.75) is 26.2 Å². The highest BCUT2D eigenvalue weighted by atomic mass is 16.6. The average molecular weight is 233 g/mol. The molecule has 0 N–H and O–H groups in total. The Labute approximate surface area is 100 Å². The van der Waals surface area contributed by atoms with Crippen molar-refractivity contribution in [3.05, 3.63) is 52.1 Å². The van der Waals surface area contributed by atoms with Crippen LogP contribution in [0.1, 0.15) is 36.5 Å². The predicted molar refractivity (Wildman–Crippen MR) is 66.1 cm³/mol. The molecule has 0 atom stereocenters. The van der Waals surface area contributed by atoms with Gasteiger partial charge in [0.15, 0.2) is 5.78 Å². The van der Waals surface area contributed by atoms with E-state index in [0.29, 0.717) is 5.56 Å². The van der Waals surface area contributed by atoms with Gasteiger partial charge in [0.2, 0.25) is 0 Å². The molecule has 0 saturated carbocycles. The van der Waals surface area contributed by atoms with E-state index in [9.17, 15) is 14.9 Å². The summed E-state index contributed by atoms with van der Waals surface area (Å²) >= 11 is 0. The van der Waals surface area contributed by atoms with Crippen LogP contribution in [0.15, 0.2) is 36.4 Å². The zero-order valence-electron chi connectivity index (χ0n) is 9.76. The van der Waals surface area contributed by atoms with Crippen molar-refractivity contribution in [3.63, 3.8) is 0 Å². The van der Waals surface area contributed by atoms with Crippen LogP contribution >= 0.6 is 0 Å². The third-order valence-electron chi connectivity index (χ3n) is 2.36. The lowest BCUT2D eigenvalue weighted by Gasteiger charge is -1.95. The van der Waals surface area contributed by atoms with Gasteiger partial charge in [-0.05, 0) is 24.6 Å². The number of allylic oxidation sites excluding steroid dienone is 2. The quantitative estimate of drug-likeness (QED) is 0.248. The first-order chi connectivity index (χ1) is 8.15. The molecule has 0 bridgehead atoms. The maximum atomic E-state index is 11.6. The van der Waals surface area contributed by atoms with Gasteiger partial charge in [0, 0.05) is 17.7 Å². The van der Waals surface area contributed by atoms with Crippen molar-refractivity contribution in [2.24, 2.45) is 0 Å². The van der Waals surface area contributed by atoms with E-state index in [2.05, 4.69) is 6.92 Å². The Kier molecular flexibility index (Phi) is 5.07. The van der Waals surface area contributed by atoms with E-state index in [0.717, 1.165) is 19.3 Å². The molecule has 0 amide bonds. The maximum absolute atomic E-state index is 11.6. The lowest BCUT2D eigenvalue weighted by atomic mass is 10.1. The molecular formula is C13H15NO3. The fourth-order valence-corrected chi connectivity index (χ4v) is 1.36. The van der Waals surface area contributed by atoms with Gasteiger partial charge >= 0.3 is 0 Å². The molecule has 4 heteroatoms. The fourth-order valence-electron chi connectivity index (χ4n) is 1.36. The number of nitro benzene ring substituents is 1. The second-order valence-electron chi connectivity index (χ2n) is 3.71. The zero-order chi connectivity index (χ0) is 12.7. The van der Waals surface area contributed by atoms with Crippen LogP contribution in [0.5, 0.6) is 0 Å². The van der Waals surface area contributed by atoms with Crippen LogP contribution in [0.3, 0.4) is 0 Å². The summed E-state index contributed by atoms with van der Waals surface area (Å²) in [7, 11) is 0. The predicted octanol–water partition coefficient (Wildman–Crippen LogP) is 3.52. The molecule has 0 radical (unpaired) electrons. The second-order valence-corrected chi connectivity index (χ2v) is 3.71. The smallest absolute Gasteiger partial charge is 0.269 e. The summed E-state index contributed by atoms with van der Waals surface area (Å²) < 4.78 is 0. The van der Waals surface area contributed by atoms with Crippen LogP contribution in [0.2, 0.25) is 0 Å². The molecular weight excluding hydrogens is 218 g/mol. The molecule has 0 aromatic heterocycles. The van der Waals surface area contributed by atoms with Gasteiger partial charge in [-0.3, -0.25) is 14.9 Å². The van der Waals surface area contributed by atoms with E-state index < -0.39 is 4.92 Å². The van der Waals surface area contributed by atoms with E-state index in [1.807, 2.05) is 6.08 Å². The highest BCUT2D eigenvalue weighted by Gasteiger charge is 2.06. The number of ketones is 1. The monoisotopic (exact) mass is 233 g/mol. The Balaban J connectivity index is 2.63. The average Bonchev–Trinajstić information content (AvgIpc) is 2.34. The van der Waals surface area contributed by atoms with Gasteiger partial charge in [0.25, 0.3) is 5.69 Å². The molecule has 0 spiro atoms. The third kappa shape index (κ3) is 4.18. The summed E-state index contributed by atoms with van der Waals surface area (Å²) in [5, 5.41) is 10.4. The molecule has 1 rings (SSSR count). The van der Waals surface area contributed by atoms with Gasteiger partial charge < -0.3 is 0 Å². The van der Waals surface area contributed by atoms with Gasteiger partial charge in [-0.1, -0.05) is 25.8 Å². The van der Waals surface area contributed by atoms with Crippen molar-refractivity contribution in [3.8, 4) is 0 Å². The minimum atomic E-state index is -0.481. The molecule has 1 aromatic carbocycles. The van der Waals surface area contributed by atoms with Gasteiger partial charge in [-0.2, -0.15) is 0 Å². The number of carbonyl (C=O) groups excluding carboxylic acids is 1. The molecule has 4 nitrogen and oxygen atoms in total. The van der Waals surface area contributed by atoms with Crippen LogP contribution < -0.4 is 0 Å². The molecule has 17 heavy (non-hydrogen) atoms. The standard InChI is InChI=1S/C13H15NO3/c1-2-3-4-5-6-13(15)11-7-9-12(10-8-11)14(16)17/h5-10H,2-4H2,1H3/b6-5+. The van der Waals surface area contributed by atoms with E-state index in [4.69, 9.17) is 0 Å². The van der Waals surface area contributed by atoms with Crippen LogP contribution in [0.4, 0.5) is 5.69 Å². The highest BCUT2D eigenvalue weighted by molar-refractivity contribution is 6.04. The molecule has 0 heterocycles. The second kappa shape index (κ2) is 6.58. The first-order valence-corrected chi connectivity index (χ1v) is 5.60. The Bertz CT molecular complexity index is 421. The lowest BCUT2D eigenvalue weighted by Crippen LogP contribution is -1.95. The Morgan fingerprint density at radius 3 is 2.53 bits per heavy atom. The zero-order valence-corrected chi connectivity index (χ0v) is 9.76. The summed E-state index contributed by atoms with van der Waals surface area (Å²) in [6.45, 7) is 2.09. The molecule has 0 aliphatic rings. The molecule has 0 aliphatic heterocycles. The van der Waals surface area contributed by atoms with Gasteiger partial charge in [0.1, 0.15) is 0 Å². The summed E-state index contributed by atoms with van der Waals surface area (Å²) in [4.78, 5) is 21.6. The van der Waals surface area contributed by atoms with E-state index >= 15 is 0 Å². The highest BCUT2D eigenvalue weighted by Crippen LogP contribution is 2.12. The topological polar surface area (TPSA) is 60.2 Å². The number of nitro groups is 1. The van der Waals surface area contributed by atoms with Gasteiger partial charge in [-0.15, -0.1) is 0 Å². The van der Waals surface area contributed by atoms with Gasteiger partial charge in [0.05, 0.1) is 4.92 Å². The number of benzene rings is 1. The number of carbonyl (C=O) groups is 1. The Morgan fingerprint density at radius 2 is 2.00 bits per heavy atom. The SMILES string of the molecule is CCCC/C=C/C(=O)c1ccc([N+](=O)[O-])cc1. The Hall–Kier alpha value is -1.97. The summed E-state index contributed by atoms with van der Waals surface area (Å²) in [6.07, 6.45) is 6.40. The molecule has 0 saturated heterocycles. The number of rotatable bonds is 6. The van der Waals surface area contributed by atoms with Crippen LogP contribution in [-0.4, -0.2) is 10.7 Å². The van der Waals surface area contributed by atoms with E-state index in [-0.39, 0.29) is 11.5 Å². The largest absolute Gasteiger partial charge is 0.289 e.